The van der Waals surface area contributed by atoms with Gasteiger partial charge < -0.3 is 10.0 Å². The summed E-state index contributed by atoms with van der Waals surface area (Å²) in [7, 11) is 0. The second kappa shape index (κ2) is 5.44. The van der Waals surface area contributed by atoms with Crippen LogP contribution in [0, 0.1) is 6.92 Å². The van der Waals surface area contributed by atoms with Gasteiger partial charge in [-0.2, -0.15) is 0 Å². The maximum Gasteiger partial charge on any atom is 0.328 e. The number of carboxylic acid groups (broad SMARTS) is 1. The lowest BCUT2D eigenvalue weighted by molar-refractivity contribution is -0.139. The van der Waals surface area contributed by atoms with Gasteiger partial charge in [0.2, 0.25) is 5.96 Å². The van der Waals surface area contributed by atoms with Gasteiger partial charge in [0.05, 0.1) is 10.5 Å². The highest BCUT2D eigenvalue weighted by Gasteiger charge is 2.35. The van der Waals surface area contributed by atoms with E-state index in [1.807, 2.05) is 36.2 Å². The highest BCUT2D eigenvalue weighted by Crippen LogP contribution is 2.34. The van der Waals surface area contributed by atoms with Crippen LogP contribution in [-0.4, -0.2) is 34.2 Å². The first-order valence-corrected chi connectivity index (χ1v) is 7.41. The van der Waals surface area contributed by atoms with E-state index in [2.05, 4.69) is 32.0 Å². The predicted octanol–water partition coefficient (Wildman–Crippen LogP) is 2.87. The third kappa shape index (κ3) is 2.76. The highest BCUT2D eigenvalue weighted by atomic mass is 79.9. The molecule has 0 spiro atoms. The van der Waals surface area contributed by atoms with E-state index < -0.39 is 12.0 Å². The number of aliphatic imine (C=N–C) groups is 2. The van der Waals surface area contributed by atoms with Crippen LogP contribution < -0.4 is 0 Å². The molecule has 1 aromatic rings. The Morgan fingerprint density at radius 3 is 3.00 bits per heavy atom. The van der Waals surface area contributed by atoms with E-state index >= 15 is 0 Å². The molecule has 1 aromatic carbocycles. The van der Waals surface area contributed by atoms with Crippen molar-refractivity contribution in [1.29, 1.82) is 0 Å². The Kier molecular flexibility index (Phi) is 3.63. The van der Waals surface area contributed by atoms with Gasteiger partial charge in [0.15, 0.2) is 6.04 Å². The minimum atomic E-state index is -0.913. The minimum absolute atomic E-state index is 0.0801. The SMILES string of the molecule is Cc1cccc(C2CC(C(=O)O)N=C3N=CC(Br)=CN32)c1. The van der Waals surface area contributed by atoms with Gasteiger partial charge >= 0.3 is 5.97 Å². The number of aryl methyl sites for hydroxylation is 1. The van der Waals surface area contributed by atoms with Gasteiger partial charge in [-0.3, -0.25) is 0 Å². The number of hydrogen-bond acceptors (Lipinski definition) is 4. The molecule has 108 valence electrons. The molecule has 5 nitrogen and oxygen atoms in total. The van der Waals surface area contributed by atoms with Gasteiger partial charge in [-0.1, -0.05) is 29.8 Å². The van der Waals surface area contributed by atoms with Crippen molar-refractivity contribution in [1.82, 2.24) is 4.90 Å². The Bertz CT molecular complexity index is 681. The van der Waals surface area contributed by atoms with Crippen molar-refractivity contribution in [3.8, 4) is 0 Å². The second-order valence-corrected chi connectivity index (χ2v) is 6.04. The standard InChI is InChI=1S/C15H14BrN3O2/c1-9-3-2-4-10(5-9)13-6-12(14(20)21)18-15-17-7-11(16)8-19(13)15/h2-5,7-8,12-13H,6H2,1H3,(H,20,21). The Balaban J connectivity index is 2.04. The van der Waals surface area contributed by atoms with E-state index in [-0.39, 0.29) is 6.04 Å². The predicted molar refractivity (Wildman–Crippen MR) is 84.7 cm³/mol. The van der Waals surface area contributed by atoms with Crippen LogP contribution in [0.2, 0.25) is 0 Å². The van der Waals surface area contributed by atoms with Gasteiger partial charge in [0, 0.05) is 18.8 Å². The average Bonchev–Trinajstić information content (AvgIpc) is 2.46. The van der Waals surface area contributed by atoms with Crippen LogP contribution in [0.3, 0.4) is 0 Å². The van der Waals surface area contributed by atoms with Gasteiger partial charge in [0.1, 0.15) is 0 Å². The Morgan fingerprint density at radius 2 is 2.29 bits per heavy atom. The molecule has 0 bridgehead atoms. The summed E-state index contributed by atoms with van der Waals surface area (Å²) in [6, 6.07) is 7.26. The molecule has 2 aliphatic heterocycles. The quantitative estimate of drug-likeness (QED) is 0.894. The molecule has 2 unspecified atom stereocenters. The van der Waals surface area contributed by atoms with Gasteiger partial charge in [-0.05, 0) is 28.4 Å². The number of aliphatic carboxylic acids is 1. The van der Waals surface area contributed by atoms with Crippen LogP contribution in [0.25, 0.3) is 0 Å². The number of carbonyl (C=O) groups is 1. The summed E-state index contributed by atoms with van der Waals surface area (Å²) < 4.78 is 0.841. The molecule has 2 aliphatic rings. The number of allylic oxidation sites excluding steroid dienone is 1. The fourth-order valence-electron chi connectivity index (χ4n) is 2.59. The first-order valence-electron chi connectivity index (χ1n) is 6.61. The molecule has 0 saturated heterocycles. The lowest BCUT2D eigenvalue weighted by atomic mass is 9.95. The third-order valence-electron chi connectivity index (χ3n) is 3.56. The number of halogens is 1. The average molecular weight is 348 g/mol. The van der Waals surface area contributed by atoms with Crippen LogP contribution in [0.1, 0.15) is 23.6 Å². The number of nitrogens with zero attached hydrogens (tertiary/aromatic N) is 3. The summed E-state index contributed by atoms with van der Waals surface area (Å²) in [5.74, 6) is -0.466. The molecule has 1 N–H and O–H groups in total. The number of fused-ring (bicyclic) bond motifs is 1. The number of carboxylic acids is 1. The first kappa shape index (κ1) is 14.0. The molecule has 0 aromatic heterocycles. The van der Waals surface area contributed by atoms with Crippen molar-refractivity contribution in [2.75, 3.05) is 0 Å². The number of guanidine groups is 1. The third-order valence-corrected chi connectivity index (χ3v) is 3.97. The largest absolute Gasteiger partial charge is 0.480 e. The lowest BCUT2D eigenvalue weighted by Gasteiger charge is -2.36. The van der Waals surface area contributed by atoms with Crippen molar-refractivity contribution in [2.24, 2.45) is 9.98 Å². The summed E-state index contributed by atoms with van der Waals surface area (Å²) in [6.45, 7) is 2.02. The molecule has 0 fully saturated rings. The fraction of sp³-hybridized carbons (Fsp3) is 0.267. The molecular formula is C15H14BrN3O2. The van der Waals surface area contributed by atoms with Crippen molar-refractivity contribution < 1.29 is 9.90 Å². The van der Waals surface area contributed by atoms with Crippen molar-refractivity contribution >= 4 is 34.1 Å². The highest BCUT2D eigenvalue weighted by molar-refractivity contribution is 9.12. The van der Waals surface area contributed by atoms with Crippen LogP contribution in [-0.2, 0) is 4.79 Å². The van der Waals surface area contributed by atoms with E-state index in [4.69, 9.17) is 0 Å². The maximum absolute atomic E-state index is 11.3. The number of hydrogen-bond donors (Lipinski definition) is 1. The van der Waals surface area contributed by atoms with E-state index in [0.29, 0.717) is 12.4 Å². The zero-order chi connectivity index (χ0) is 15.0. The van der Waals surface area contributed by atoms with Crippen LogP contribution in [0.4, 0.5) is 0 Å². The molecule has 0 radical (unpaired) electrons. The van der Waals surface area contributed by atoms with Crippen molar-refractivity contribution in [3.63, 3.8) is 0 Å². The maximum atomic E-state index is 11.3. The normalized spacial score (nSPS) is 24.2. The smallest absolute Gasteiger partial charge is 0.328 e. The van der Waals surface area contributed by atoms with E-state index in [1.54, 1.807) is 6.21 Å². The second-order valence-electron chi connectivity index (χ2n) is 5.13. The summed E-state index contributed by atoms with van der Waals surface area (Å²) >= 11 is 3.41. The summed E-state index contributed by atoms with van der Waals surface area (Å²) in [6.07, 6.45) is 3.96. The topological polar surface area (TPSA) is 65.3 Å². The summed E-state index contributed by atoms with van der Waals surface area (Å²) in [5.41, 5.74) is 2.22. The molecule has 0 amide bonds. The van der Waals surface area contributed by atoms with Gasteiger partial charge in [-0.15, -0.1) is 0 Å². The number of rotatable bonds is 2. The fourth-order valence-corrected chi connectivity index (χ4v) is 2.91. The Labute approximate surface area is 130 Å². The minimum Gasteiger partial charge on any atom is -0.480 e. The molecule has 0 aliphatic carbocycles. The van der Waals surface area contributed by atoms with Gasteiger partial charge in [0.25, 0.3) is 0 Å². The van der Waals surface area contributed by atoms with E-state index in [9.17, 15) is 9.90 Å². The van der Waals surface area contributed by atoms with Crippen LogP contribution >= 0.6 is 15.9 Å². The molecule has 0 saturated carbocycles. The lowest BCUT2D eigenvalue weighted by Crippen LogP contribution is -2.40. The van der Waals surface area contributed by atoms with Gasteiger partial charge in [-0.25, -0.2) is 14.8 Å². The molecule has 6 heteroatoms. The van der Waals surface area contributed by atoms with Crippen LogP contribution in [0.15, 0.2) is 44.9 Å². The molecule has 2 atom stereocenters. The Hall–Kier alpha value is -1.95. The number of benzene rings is 1. The van der Waals surface area contributed by atoms with Crippen molar-refractivity contribution in [3.05, 3.63) is 46.1 Å². The summed E-state index contributed by atoms with van der Waals surface area (Å²) in [4.78, 5) is 21.7. The van der Waals surface area contributed by atoms with Crippen LogP contribution in [0.5, 0.6) is 0 Å². The first-order chi connectivity index (χ1) is 10.0. The zero-order valence-corrected chi connectivity index (χ0v) is 13.0. The molecule has 21 heavy (non-hydrogen) atoms. The molecular weight excluding hydrogens is 334 g/mol. The Morgan fingerprint density at radius 1 is 1.48 bits per heavy atom. The van der Waals surface area contributed by atoms with E-state index in [0.717, 1.165) is 15.6 Å². The van der Waals surface area contributed by atoms with E-state index in [1.165, 1.54) is 0 Å². The summed E-state index contributed by atoms with van der Waals surface area (Å²) in [5, 5.41) is 9.30. The van der Waals surface area contributed by atoms with Crippen molar-refractivity contribution in [2.45, 2.75) is 25.4 Å². The molecule has 2 heterocycles. The zero-order valence-electron chi connectivity index (χ0n) is 11.4. The monoisotopic (exact) mass is 347 g/mol. The molecule has 3 rings (SSSR count).